The van der Waals surface area contributed by atoms with Crippen molar-refractivity contribution < 1.29 is 17.9 Å². The number of ether oxygens (including phenoxy) is 1. The lowest BCUT2D eigenvalue weighted by Gasteiger charge is -2.21. The molecular formula is C26H26N2O4S. The number of aryl methyl sites for hydroxylation is 1. The number of sulfonamides is 1. The minimum atomic E-state index is -3.48. The lowest BCUT2D eigenvalue weighted by molar-refractivity contribution is -0.118. The van der Waals surface area contributed by atoms with E-state index in [4.69, 9.17) is 4.74 Å². The highest BCUT2D eigenvalue weighted by atomic mass is 32.2. The third kappa shape index (κ3) is 4.14. The van der Waals surface area contributed by atoms with Gasteiger partial charge in [0.1, 0.15) is 5.75 Å². The maximum atomic E-state index is 13.3. The van der Waals surface area contributed by atoms with Crippen LogP contribution in [0.4, 0.5) is 5.69 Å². The predicted octanol–water partition coefficient (Wildman–Crippen LogP) is 4.26. The van der Waals surface area contributed by atoms with Gasteiger partial charge in [0.2, 0.25) is 15.9 Å². The molecule has 1 fully saturated rings. The molecule has 1 aliphatic heterocycles. The molecule has 0 aromatic heterocycles. The Bertz CT molecular complexity index is 1310. The Kier molecular flexibility index (Phi) is 5.46. The van der Waals surface area contributed by atoms with E-state index in [9.17, 15) is 13.2 Å². The van der Waals surface area contributed by atoms with Gasteiger partial charge in [-0.3, -0.25) is 4.79 Å². The zero-order valence-corrected chi connectivity index (χ0v) is 19.2. The van der Waals surface area contributed by atoms with Crippen molar-refractivity contribution in [1.29, 1.82) is 0 Å². The molecule has 1 saturated carbocycles. The van der Waals surface area contributed by atoms with Gasteiger partial charge in [-0.2, -0.15) is 0 Å². The summed E-state index contributed by atoms with van der Waals surface area (Å²) in [6.07, 6.45) is 3.65. The number of fused-ring (bicyclic) bond motifs is 1. The van der Waals surface area contributed by atoms with Gasteiger partial charge in [0.05, 0.1) is 16.9 Å². The molecule has 0 radical (unpaired) electrons. The van der Waals surface area contributed by atoms with Gasteiger partial charge in [-0.15, -0.1) is 0 Å². The standard InChI is InChI=1S/C26H26N2O4S/c1-27-33(30,31)23-10-7-18(8-11-23)19-4-2-6-22(17-19)28-25(29)26(13-14-26)21-9-12-24-20(16-21)5-3-15-32-24/h2,4,6-12,16-17,27H,3,5,13-15H2,1H3,(H,28,29). The summed E-state index contributed by atoms with van der Waals surface area (Å²) in [5, 5.41) is 3.10. The summed E-state index contributed by atoms with van der Waals surface area (Å²) in [5.74, 6) is 0.939. The van der Waals surface area contributed by atoms with E-state index in [-0.39, 0.29) is 10.8 Å². The van der Waals surface area contributed by atoms with Crippen LogP contribution in [0, 0.1) is 0 Å². The average Bonchev–Trinajstić information content (AvgIpc) is 3.66. The van der Waals surface area contributed by atoms with E-state index < -0.39 is 15.4 Å². The molecular weight excluding hydrogens is 436 g/mol. The first kappa shape index (κ1) is 21.7. The van der Waals surface area contributed by atoms with Gasteiger partial charge < -0.3 is 10.1 Å². The fourth-order valence-electron chi connectivity index (χ4n) is 4.40. The first-order valence-electron chi connectivity index (χ1n) is 11.1. The van der Waals surface area contributed by atoms with Gasteiger partial charge in [-0.1, -0.05) is 36.4 Å². The topological polar surface area (TPSA) is 84.5 Å². The summed E-state index contributed by atoms with van der Waals surface area (Å²) in [4.78, 5) is 13.5. The van der Waals surface area contributed by atoms with Crippen LogP contribution in [0.25, 0.3) is 11.1 Å². The van der Waals surface area contributed by atoms with Crippen molar-refractivity contribution in [3.63, 3.8) is 0 Å². The monoisotopic (exact) mass is 462 g/mol. The highest BCUT2D eigenvalue weighted by Gasteiger charge is 2.51. The van der Waals surface area contributed by atoms with Crippen molar-refractivity contribution in [2.24, 2.45) is 0 Å². The Morgan fingerprint density at radius 3 is 2.48 bits per heavy atom. The molecule has 3 aromatic rings. The summed E-state index contributed by atoms with van der Waals surface area (Å²) in [6, 6.07) is 20.4. The fraction of sp³-hybridized carbons (Fsp3) is 0.269. The van der Waals surface area contributed by atoms with Crippen LogP contribution < -0.4 is 14.8 Å². The molecule has 6 nitrogen and oxygen atoms in total. The third-order valence-electron chi connectivity index (χ3n) is 6.53. The Morgan fingerprint density at radius 1 is 0.970 bits per heavy atom. The quantitative estimate of drug-likeness (QED) is 0.573. The number of benzene rings is 3. The number of carbonyl (C=O) groups is 1. The Morgan fingerprint density at radius 2 is 1.76 bits per heavy atom. The van der Waals surface area contributed by atoms with Crippen LogP contribution in [0.5, 0.6) is 5.75 Å². The maximum Gasteiger partial charge on any atom is 0.240 e. The van der Waals surface area contributed by atoms with Crippen molar-refractivity contribution in [3.05, 3.63) is 77.9 Å². The highest BCUT2D eigenvalue weighted by Crippen LogP contribution is 2.50. The number of hydrogen-bond acceptors (Lipinski definition) is 4. The molecule has 2 aliphatic rings. The maximum absolute atomic E-state index is 13.3. The average molecular weight is 463 g/mol. The van der Waals surface area contributed by atoms with E-state index in [1.807, 2.05) is 36.4 Å². The van der Waals surface area contributed by atoms with Crippen molar-refractivity contribution in [2.75, 3.05) is 19.0 Å². The van der Waals surface area contributed by atoms with E-state index in [2.05, 4.69) is 16.1 Å². The largest absolute Gasteiger partial charge is 0.493 e. The number of anilines is 1. The van der Waals surface area contributed by atoms with Crippen LogP contribution in [-0.2, 0) is 26.7 Å². The SMILES string of the molecule is CNS(=O)(=O)c1ccc(-c2cccc(NC(=O)C3(c4ccc5c(c4)CCCO5)CC3)c2)cc1. The molecule has 1 aliphatic carbocycles. The van der Waals surface area contributed by atoms with E-state index in [0.717, 1.165) is 60.4 Å². The second kappa shape index (κ2) is 8.32. The van der Waals surface area contributed by atoms with Crippen molar-refractivity contribution in [2.45, 2.75) is 36.0 Å². The Labute approximate surface area is 194 Å². The van der Waals surface area contributed by atoms with E-state index in [1.54, 1.807) is 24.3 Å². The van der Waals surface area contributed by atoms with Crippen molar-refractivity contribution >= 4 is 21.6 Å². The van der Waals surface area contributed by atoms with Gasteiger partial charge in [-0.25, -0.2) is 13.1 Å². The second-order valence-electron chi connectivity index (χ2n) is 8.62. The van der Waals surface area contributed by atoms with Gasteiger partial charge in [0.15, 0.2) is 0 Å². The van der Waals surface area contributed by atoms with E-state index in [0.29, 0.717) is 0 Å². The molecule has 2 N–H and O–H groups in total. The van der Waals surface area contributed by atoms with E-state index in [1.165, 1.54) is 12.6 Å². The molecule has 0 saturated heterocycles. The summed E-state index contributed by atoms with van der Waals surface area (Å²) >= 11 is 0. The smallest absolute Gasteiger partial charge is 0.240 e. The van der Waals surface area contributed by atoms with Crippen LogP contribution in [0.3, 0.4) is 0 Å². The fourth-order valence-corrected chi connectivity index (χ4v) is 5.13. The van der Waals surface area contributed by atoms with Crippen LogP contribution in [-0.4, -0.2) is 28.0 Å². The molecule has 170 valence electrons. The van der Waals surface area contributed by atoms with Crippen LogP contribution in [0.15, 0.2) is 71.6 Å². The lowest BCUT2D eigenvalue weighted by atomic mass is 9.91. The summed E-state index contributed by atoms with van der Waals surface area (Å²) < 4.78 is 31.9. The lowest BCUT2D eigenvalue weighted by Crippen LogP contribution is -2.28. The number of hydrogen-bond donors (Lipinski definition) is 2. The molecule has 0 atom stereocenters. The molecule has 0 unspecified atom stereocenters. The highest BCUT2D eigenvalue weighted by molar-refractivity contribution is 7.89. The normalized spacial score (nSPS) is 16.4. The zero-order chi connectivity index (χ0) is 23.1. The van der Waals surface area contributed by atoms with Gasteiger partial charge in [-0.05, 0) is 85.3 Å². The zero-order valence-electron chi connectivity index (χ0n) is 18.4. The second-order valence-corrected chi connectivity index (χ2v) is 10.5. The number of carbonyl (C=O) groups excluding carboxylic acids is 1. The first-order chi connectivity index (χ1) is 15.9. The Balaban J connectivity index is 1.35. The molecule has 33 heavy (non-hydrogen) atoms. The molecule has 5 rings (SSSR count). The van der Waals surface area contributed by atoms with Crippen molar-refractivity contribution in [3.8, 4) is 16.9 Å². The van der Waals surface area contributed by atoms with Gasteiger partial charge in [0.25, 0.3) is 0 Å². The third-order valence-corrected chi connectivity index (χ3v) is 7.96. The summed E-state index contributed by atoms with van der Waals surface area (Å²) in [5.41, 5.74) is 4.25. The first-order valence-corrected chi connectivity index (χ1v) is 12.6. The minimum absolute atomic E-state index is 0.00629. The van der Waals surface area contributed by atoms with Crippen molar-refractivity contribution in [1.82, 2.24) is 4.72 Å². The molecule has 0 bridgehead atoms. The molecule has 7 heteroatoms. The van der Waals surface area contributed by atoms with Gasteiger partial charge in [0, 0.05) is 5.69 Å². The molecule has 3 aromatic carbocycles. The van der Waals surface area contributed by atoms with Crippen LogP contribution >= 0.6 is 0 Å². The molecule has 1 amide bonds. The minimum Gasteiger partial charge on any atom is -0.493 e. The molecule has 1 heterocycles. The number of amides is 1. The van der Waals surface area contributed by atoms with Gasteiger partial charge >= 0.3 is 0 Å². The van der Waals surface area contributed by atoms with Crippen LogP contribution in [0.2, 0.25) is 0 Å². The van der Waals surface area contributed by atoms with Crippen LogP contribution in [0.1, 0.15) is 30.4 Å². The number of rotatable bonds is 6. The Hall–Kier alpha value is -3.16. The predicted molar refractivity (Wildman–Crippen MR) is 128 cm³/mol. The molecule has 0 spiro atoms. The number of nitrogens with one attached hydrogen (secondary N) is 2. The van der Waals surface area contributed by atoms with E-state index >= 15 is 0 Å². The summed E-state index contributed by atoms with van der Waals surface area (Å²) in [7, 11) is -2.09. The summed E-state index contributed by atoms with van der Waals surface area (Å²) in [6.45, 7) is 0.752.